The van der Waals surface area contributed by atoms with E-state index in [-0.39, 0.29) is 29.9 Å². The fourth-order valence-electron chi connectivity index (χ4n) is 4.51. The molecule has 2 aliphatic rings. The number of hydrogen-bond acceptors (Lipinski definition) is 3. The number of benzene rings is 1. The van der Waals surface area contributed by atoms with E-state index < -0.39 is 6.17 Å². The lowest BCUT2D eigenvalue weighted by Crippen LogP contribution is -2.52. The van der Waals surface area contributed by atoms with Gasteiger partial charge in [0.15, 0.2) is 0 Å². The predicted octanol–water partition coefficient (Wildman–Crippen LogP) is 2.88. The lowest BCUT2D eigenvalue weighted by molar-refractivity contribution is 0.0730. The molecular weight excluding hydrogens is 322 g/mol. The third kappa shape index (κ3) is 3.20. The van der Waals surface area contributed by atoms with Crippen molar-refractivity contribution in [1.82, 2.24) is 14.7 Å². The molecular formula is C19H24F2N4. The lowest BCUT2D eigenvalue weighted by Gasteiger charge is -2.39. The molecule has 0 radical (unpaired) electrons. The summed E-state index contributed by atoms with van der Waals surface area (Å²) in [7, 11) is 0. The minimum atomic E-state index is -1.02. The molecule has 5 unspecified atom stereocenters. The van der Waals surface area contributed by atoms with Crippen LogP contribution in [0.1, 0.15) is 36.8 Å². The maximum absolute atomic E-state index is 15.6. The van der Waals surface area contributed by atoms with Crippen LogP contribution in [-0.4, -0.2) is 46.0 Å². The molecule has 134 valence electrons. The molecule has 2 heterocycles. The zero-order chi connectivity index (χ0) is 17.4. The first-order valence-corrected chi connectivity index (χ1v) is 9.02. The Hall–Kier alpha value is -1.79. The quantitative estimate of drug-likeness (QED) is 0.930. The molecule has 5 atom stereocenters. The minimum absolute atomic E-state index is 0.0367. The van der Waals surface area contributed by atoms with Gasteiger partial charge in [0.2, 0.25) is 0 Å². The number of nitrogens with zero attached hydrogens (tertiary/aromatic N) is 3. The van der Waals surface area contributed by atoms with Crippen molar-refractivity contribution in [1.29, 1.82) is 0 Å². The van der Waals surface area contributed by atoms with Crippen molar-refractivity contribution in [3.8, 4) is 0 Å². The maximum atomic E-state index is 15.6. The van der Waals surface area contributed by atoms with Crippen LogP contribution < -0.4 is 5.73 Å². The molecule has 0 amide bonds. The van der Waals surface area contributed by atoms with E-state index in [0.717, 1.165) is 31.5 Å². The van der Waals surface area contributed by atoms with Gasteiger partial charge >= 0.3 is 0 Å². The molecule has 2 aromatic rings. The summed E-state index contributed by atoms with van der Waals surface area (Å²) in [6.07, 6.45) is 5.26. The molecule has 2 fully saturated rings. The molecule has 1 saturated heterocycles. The summed E-state index contributed by atoms with van der Waals surface area (Å²) in [5, 5.41) is 4.37. The van der Waals surface area contributed by atoms with E-state index >= 15 is 4.39 Å². The first-order chi connectivity index (χ1) is 12.1. The molecule has 1 aromatic heterocycles. The van der Waals surface area contributed by atoms with Crippen molar-refractivity contribution in [2.24, 2.45) is 5.73 Å². The van der Waals surface area contributed by atoms with Crippen molar-refractivity contribution >= 4 is 0 Å². The smallest absolute Gasteiger partial charge is 0.125 e. The SMILES string of the molecule is NC1CCCN(C2C(F)C(c3ccc(F)cc3)CC2n2cccn2)C1. The molecule has 25 heavy (non-hydrogen) atoms. The third-order valence-electron chi connectivity index (χ3n) is 5.67. The highest BCUT2D eigenvalue weighted by Gasteiger charge is 2.48. The van der Waals surface area contributed by atoms with Gasteiger partial charge in [-0.3, -0.25) is 9.58 Å². The molecule has 2 N–H and O–H groups in total. The standard InChI is InChI=1S/C19H24F2N4/c20-14-6-4-13(5-7-14)16-11-17(25-10-2-8-23-25)19(18(16)21)24-9-1-3-15(22)12-24/h2,4-8,10,15-19H,1,3,9,11-12,22H2. The predicted molar refractivity (Wildman–Crippen MR) is 92.5 cm³/mol. The highest BCUT2D eigenvalue weighted by molar-refractivity contribution is 5.25. The molecule has 1 saturated carbocycles. The maximum Gasteiger partial charge on any atom is 0.125 e. The first-order valence-electron chi connectivity index (χ1n) is 9.02. The van der Waals surface area contributed by atoms with E-state index in [0.29, 0.717) is 6.42 Å². The van der Waals surface area contributed by atoms with E-state index in [1.54, 1.807) is 18.3 Å². The van der Waals surface area contributed by atoms with Gasteiger partial charge in [0.05, 0.1) is 12.1 Å². The van der Waals surface area contributed by atoms with E-state index in [1.807, 2.05) is 16.9 Å². The van der Waals surface area contributed by atoms with Crippen molar-refractivity contribution in [2.75, 3.05) is 13.1 Å². The van der Waals surface area contributed by atoms with Crippen molar-refractivity contribution < 1.29 is 8.78 Å². The highest BCUT2D eigenvalue weighted by atomic mass is 19.1. The number of halogens is 2. The molecule has 1 aliphatic heterocycles. The third-order valence-corrected chi connectivity index (χ3v) is 5.67. The second-order valence-corrected chi connectivity index (χ2v) is 7.28. The van der Waals surface area contributed by atoms with Crippen LogP contribution >= 0.6 is 0 Å². The van der Waals surface area contributed by atoms with Gasteiger partial charge in [0, 0.05) is 30.9 Å². The molecule has 6 heteroatoms. The fourth-order valence-corrected chi connectivity index (χ4v) is 4.51. The Kier molecular flexibility index (Phi) is 4.56. The van der Waals surface area contributed by atoms with Gasteiger partial charge in [0.25, 0.3) is 0 Å². The number of nitrogens with two attached hydrogens (primary N) is 1. The van der Waals surface area contributed by atoms with Gasteiger partial charge in [-0.05, 0) is 49.6 Å². The van der Waals surface area contributed by atoms with Crippen LogP contribution in [0.2, 0.25) is 0 Å². The van der Waals surface area contributed by atoms with Crippen LogP contribution in [0.25, 0.3) is 0 Å². The van der Waals surface area contributed by atoms with Crippen LogP contribution in [0.3, 0.4) is 0 Å². The largest absolute Gasteiger partial charge is 0.327 e. The van der Waals surface area contributed by atoms with Gasteiger partial charge in [-0.15, -0.1) is 0 Å². The molecule has 4 nitrogen and oxygen atoms in total. The number of hydrogen-bond donors (Lipinski definition) is 1. The fraction of sp³-hybridized carbons (Fsp3) is 0.526. The van der Waals surface area contributed by atoms with Gasteiger partial charge in [-0.25, -0.2) is 8.78 Å². The van der Waals surface area contributed by atoms with Gasteiger partial charge in [-0.1, -0.05) is 12.1 Å². The van der Waals surface area contributed by atoms with Crippen LogP contribution in [0.5, 0.6) is 0 Å². The number of piperidine rings is 1. The van der Waals surface area contributed by atoms with Crippen molar-refractivity contribution in [3.05, 3.63) is 54.1 Å². The molecule has 4 rings (SSSR count). The summed E-state index contributed by atoms with van der Waals surface area (Å²) in [6.45, 7) is 1.59. The normalized spacial score (nSPS) is 33.6. The zero-order valence-corrected chi connectivity index (χ0v) is 14.1. The van der Waals surface area contributed by atoms with E-state index in [4.69, 9.17) is 5.73 Å². The molecule has 1 aromatic carbocycles. The number of rotatable bonds is 3. The Balaban J connectivity index is 1.65. The molecule has 0 spiro atoms. The lowest BCUT2D eigenvalue weighted by atomic mass is 9.95. The summed E-state index contributed by atoms with van der Waals surface area (Å²) >= 11 is 0. The first kappa shape index (κ1) is 16.7. The second kappa shape index (κ2) is 6.84. The average molecular weight is 346 g/mol. The summed E-state index contributed by atoms with van der Waals surface area (Å²) < 4.78 is 30.7. The number of alkyl halides is 1. The van der Waals surface area contributed by atoms with Crippen molar-refractivity contribution in [3.63, 3.8) is 0 Å². The monoisotopic (exact) mass is 346 g/mol. The second-order valence-electron chi connectivity index (χ2n) is 7.28. The Morgan fingerprint density at radius 3 is 2.68 bits per heavy atom. The van der Waals surface area contributed by atoms with Crippen LogP contribution in [0.4, 0.5) is 8.78 Å². The van der Waals surface area contributed by atoms with Gasteiger partial charge in [-0.2, -0.15) is 5.10 Å². The van der Waals surface area contributed by atoms with E-state index in [2.05, 4.69) is 10.00 Å². The molecule has 1 aliphatic carbocycles. The number of likely N-dealkylation sites (tertiary alicyclic amines) is 1. The Labute approximate surface area is 146 Å². The van der Waals surface area contributed by atoms with Crippen LogP contribution in [0, 0.1) is 5.82 Å². The highest BCUT2D eigenvalue weighted by Crippen LogP contribution is 2.45. The molecule has 0 bridgehead atoms. The van der Waals surface area contributed by atoms with E-state index in [1.165, 1.54) is 12.1 Å². The van der Waals surface area contributed by atoms with Gasteiger partial charge in [0.1, 0.15) is 12.0 Å². The topological polar surface area (TPSA) is 47.1 Å². The summed E-state index contributed by atoms with van der Waals surface area (Å²) in [6, 6.07) is 7.92. The minimum Gasteiger partial charge on any atom is -0.327 e. The van der Waals surface area contributed by atoms with E-state index in [9.17, 15) is 4.39 Å². The number of aromatic nitrogens is 2. The summed E-state index contributed by atoms with van der Waals surface area (Å²) in [5.74, 6) is -0.544. The Bertz CT molecular complexity index is 688. The summed E-state index contributed by atoms with van der Waals surface area (Å²) in [5.41, 5.74) is 6.99. The Morgan fingerprint density at radius 1 is 1.20 bits per heavy atom. The van der Waals surface area contributed by atoms with Crippen LogP contribution in [0.15, 0.2) is 42.7 Å². The average Bonchev–Trinajstić information content (AvgIpc) is 3.23. The van der Waals surface area contributed by atoms with Crippen LogP contribution in [-0.2, 0) is 0 Å². The summed E-state index contributed by atoms with van der Waals surface area (Å²) in [4.78, 5) is 2.20. The Morgan fingerprint density at radius 2 is 2.00 bits per heavy atom. The zero-order valence-electron chi connectivity index (χ0n) is 14.1. The van der Waals surface area contributed by atoms with Gasteiger partial charge < -0.3 is 5.73 Å². The van der Waals surface area contributed by atoms with Crippen molar-refractivity contribution in [2.45, 2.75) is 49.5 Å².